The molecule has 4 aliphatic rings. The van der Waals surface area contributed by atoms with Gasteiger partial charge in [-0.1, -0.05) is 20.8 Å². The SMILES string of the molecule is CC(C)(C)[Si](C)(C)O[C@H]1[C@H]2O[C@@H]3O[C@H]([C@H]2O)[C@](C)(O)[C@H]1O3. The number of hydrogen-bond acceptors (Lipinski definition) is 6. The molecule has 3 heterocycles. The van der Waals surface area contributed by atoms with E-state index in [9.17, 15) is 10.2 Å². The van der Waals surface area contributed by atoms with E-state index < -0.39 is 50.9 Å². The molecule has 1 saturated carbocycles. The second-order valence-electron chi connectivity index (χ2n) is 8.06. The maximum atomic E-state index is 10.7. The number of hydrogen-bond donors (Lipinski definition) is 2. The summed E-state index contributed by atoms with van der Waals surface area (Å²) in [6.45, 7) is 11.5. The normalized spacial score (nSPS) is 49.7. The average Bonchev–Trinajstić information content (AvgIpc) is 2.32. The van der Waals surface area contributed by atoms with Gasteiger partial charge in [-0.2, -0.15) is 0 Å². The summed E-state index contributed by atoms with van der Waals surface area (Å²) in [5.41, 5.74) is -1.29. The molecular weight excluding hydrogens is 292 g/mol. The van der Waals surface area contributed by atoms with Crippen molar-refractivity contribution in [1.82, 2.24) is 0 Å². The van der Waals surface area contributed by atoms with E-state index in [1.54, 1.807) is 6.92 Å². The Kier molecular flexibility index (Phi) is 3.40. The Hall–Kier alpha value is -0.0231. The Bertz CT molecular complexity index is 432. The van der Waals surface area contributed by atoms with Crippen molar-refractivity contribution < 1.29 is 28.8 Å². The van der Waals surface area contributed by atoms with Crippen LogP contribution < -0.4 is 0 Å². The summed E-state index contributed by atoms with van der Waals surface area (Å²) in [5, 5.41) is 21.1. The summed E-state index contributed by atoms with van der Waals surface area (Å²) >= 11 is 0. The highest BCUT2D eigenvalue weighted by atomic mass is 28.4. The fourth-order valence-electron chi connectivity index (χ4n) is 3.08. The fraction of sp³-hybridized carbons (Fsp3) is 1.00. The van der Waals surface area contributed by atoms with Gasteiger partial charge in [-0.3, -0.25) is 0 Å². The first-order valence-corrected chi connectivity index (χ1v) is 10.4. The molecule has 6 nitrogen and oxygen atoms in total. The lowest BCUT2D eigenvalue weighted by molar-refractivity contribution is -0.496. The first-order chi connectivity index (χ1) is 9.45. The minimum absolute atomic E-state index is 0.0228. The lowest BCUT2D eigenvalue weighted by atomic mass is 9.74. The van der Waals surface area contributed by atoms with Crippen LogP contribution in [0.15, 0.2) is 0 Å². The van der Waals surface area contributed by atoms with Crippen LogP contribution in [0.3, 0.4) is 0 Å². The number of rotatable bonds is 2. The first kappa shape index (κ1) is 15.9. The van der Waals surface area contributed by atoms with Crippen molar-refractivity contribution in [3.8, 4) is 0 Å². The van der Waals surface area contributed by atoms with Gasteiger partial charge in [0, 0.05) is 0 Å². The van der Waals surface area contributed by atoms with Gasteiger partial charge in [0.25, 0.3) is 6.48 Å². The summed E-state index contributed by atoms with van der Waals surface area (Å²) < 4.78 is 23.0. The molecule has 0 aromatic carbocycles. The molecule has 0 spiro atoms. The van der Waals surface area contributed by atoms with Gasteiger partial charge in [0.2, 0.25) is 0 Å². The Balaban J connectivity index is 1.89. The first-order valence-electron chi connectivity index (χ1n) is 7.50. The van der Waals surface area contributed by atoms with Gasteiger partial charge >= 0.3 is 0 Å². The standard InChI is InChI=1S/C14H26O6Si/c1-13(2,3)21(5,6)20-9-8-7(15)10-14(4,16)11(9)19-12(17-8)18-10/h7-12,15-16H,1-6H3/t7-,8-,9-,10+,11-,12+,14-/m0/s1. The van der Waals surface area contributed by atoms with Gasteiger partial charge in [0.1, 0.15) is 36.1 Å². The van der Waals surface area contributed by atoms with Crippen LogP contribution >= 0.6 is 0 Å². The van der Waals surface area contributed by atoms with E-state index in [2.05, 4.69) is 33.9 Å². The van der Waals surface area contributed by atoms with Crippen LogP contribution in [0.25, 0.3) is 0 Å². The second-order valence-corrected chi connectivity index (χ2v) is 12.8. The third-order valence-electron chi connectivity index (χ3n) is 5.44. The molecular formula is C14H26O6Si. The average molecular weight is 318 g/mol. The van der Waals surface area contributed by atoms with E-state index in [-0.39, 0.29) is 5.04 Å². The van der Waals surface area contributed by atoms with E-state index >= 15 is 0 Å². The summed E-state index contributed by atoms with van der Waals surface area (Å²) in [6, 6.07) is 0. The highest BCUT2D eigenvalue weighted by Crippen LogP contribution is 2.48. The molecule has 7 heteroatoms. The van der Waals surface area contributed by atoms with E-state index in [1.807, 2.05) is 0 Å². The fourth-order valence-corrected chi connectivity index (χ4v) is 4.37. The molecule has 0 aromatic heterocycles. The molecule has 4 rings (SSSR count). The van der Waals surface area contributed by atoms with Crippen LogP contribution in [-0.4, -0.2) is 61.1 Å². The highest BCUT2D eigenvalue weighted by molar-refractivity contribution is 6.74. The number of aliphatic hydroxyl groups is 2. The Labute approximate surface area is 126 Å². The molecule has 4 fully saturated rings. The highest BCUT2D eigenvalue weighted by Gasteiger charge is 2.67. The van der Waals surface area contributed by atoms with Crippen molar-refractivity contribution in [1.29, 1.82) is 0 Å². The molecule has 3 saturated heterocycles. The molecule has 0 amide bonds. The Morgan fingerprint density at radius 3 is 2.24 bits per heavy atom. The monoisotopic (exact) mass is 318 g/mol. The minimum Gasteiger partial charge on any atom is -0.408 e. The lowest BCUT2D eigenvalue weighted by Gasteiger charge is -2.62. The van der Waals surface area contributed by atoms with E-state index in [0.29, 0.717) is 0 Å². The molecule has 3 aliphatic heterocycles. The lowest BCUT2D eigenvalue weighted by Crippen LogP contribution is -2.80. The van der Waals surface area contributed by atoms with Crippen molar-refractivity contribution in [2.75, 3.05) is 0 Å². The Morgan fingerprint density at radius 1 is 1.10 bits per heavy atom. The second kappa shape index (κ2) is 4.50. The van der Waals surface area contributed by atoms with Crippen LogP contribution in [0.2, 0.25) is 18.1 Å². The zero-order valence-corrected chi connectivity index (χ0v) is 14.5. The molecule has 122 valence electrons. The maximum Gasteiger partial charge on any atom is 0.273 e. The smallest absolute Gasteiger partial charge is 0.273 e. The summed E-state index contributed by atoms with van der Waals surface area (Å²) in [4.78, 5) is 0. The van der Waals surface area contributed by atoms with Crippen molar-refractivity contribution >= 4 is 8.32 Å². The summed E-state index contributed by atoms with van der Waals surface area (Å²) in [7, 11) is -2.08. The van der Waals surface area contributed by atoms with Gasteiger partial charge < -0.3 is 28.8 Å². The Morgan fingerprint density at radius 2 is 1.67 bits per heavy atom. The summed E-state index contributed by atoms with van der Waals surface area (Å²) in [6.07, 6.45) is -3.14. The van der Waals surface area contributed by atoms with Crippen LogP contribution in [0.5, 0.6) is 0 Å². The number of aliphatic hydroxyl groups excluding tert-OH is 1. The van der Waals surface area contributed by atoms with Crippen LogP contribution in [0.1, 0.15) is 27.7 Å². The summed E-state index contributed by atoms with van der Waals surface area (Å²) in [5.74, 6) is 0. The zero-order chi connectivity index (χ0) is 15.8. The third-order valence-corrected chi connectivity index (χ3v) is 9.92. The van der Waals surface area contributed by atoms with Crippen molar-refractivity contribution in [3.05, 3.63) is 0 Å². The molecule has 2 N–H and O–H groups in total. The van der Waals surface area contributed by atoms with E-state index in [4.69, 9.17) is 18.6 Å². The molecule has 21 heavy (non-hydrogen) atoms. The molecule has 0 aromatic rings. The van der Waals surface area contributed by atoms with E-state index in [1.165, 1.54) is 0 Å². The maximum absolute atomic E-state index is 10.7. The van der Waals surface area contributed by atoms with Crippen LogP contribution in [-0.2, 0) is 18.6 Å². The van der Waals surface area contributed by atoms with Gasteiger partial charge in [-0.05, 0) is 25.1 Å². The molecule has 0 radical (unpaired) electrons. The minimum atomic E-state index is -2.08. The quantitative estimate of drug-likeness (QED) is 0.739. The molecule has 7 atom stereocenters. The molecule has 4 bridgehead atoms. The topological polar surface area (TPSA) is 77.4 Å². The third kappa shape index (κ3) is 2.22. The zero-order valence-electron chi connectivity index (χ0n) is 13.5. The van der Waals surface area contributed by atoms with Crippen molar-refractivity contribution in [2.24, 2.45) is 0 Å². The van der Waals surface area contributed by atoms with Crippen LogP contribution in [0, 0.1) is 0 Å². The van der Waals surface area contributed by atoms with Gasteiger partial charge in [0.05, 0.1) is 0 Å². The van der Waals surface area contributed by atoms with Crippen molar-refractivity contribution in [2.45, 2.75) is 88.4 Å². The predicted molar refractivity (Wildman–Crippen MR) is 77.1 cm³/mol. The molecule has 1 aliphatic carbocycles. The molecule has 0 unspecified atom stereocenters. The van der Waals surface area contributed by atoms with E-state index in [0.717, 1.165) is 0 Å². The van der Waals surface area contributed by atoms with Gasteiger partial charge in [-0.25, -0.2) is 0 Å². The van der Waals surface area contributed by atoms with Gasteiger partial charge in [0.15, 0.2) is 8.32 Å². The van der Waals surface area contributed by atoms with Gasteiger partial charge in [-0.15, -0.1) is 0 Å². The number of ether oxygens (including phenoxy) is 3. The van der Waals surface area contributed by atoms with Crippen molar-refractivity contribution in [3.63, 3.8) is 0 Å². The largest absolute Gasteiger partial charge is 0.408 e. The van der Waals surface area contributed by atoms with Crippen LogP contribution in [0.4, 0.5) is 0 Å². The predicted octanol–water partition coefficient (Wildman–Crippen LogP) is 0.969.